The number of benzene rings is 2. The molecule has 0 radical (unpaired) electrons. The van der Waals surface area contributed by atoms with E-state index in [4.69, 9.17) is 4.98 Å². The van der Waals surface area contributed by atoms with Gasteiger partial charge in [-0.1, -0.05) is 17.4 Å². The highest BCUT2D eigenvalue weighted by atomic mass is 32.2. The van der Waals surface area contributed by atoms with Crippen molar-refractivity contribution in [3.05, 3.63) is 64.2 Å². The zero-order chi connectivity index (χ0) is 21.1. The fourth-order valence-electron chi connectivity index (χ4n) is 3.31. The molecule has 3 aromatic rings. The lowest BCUT2D eigenvalue weighted by atomic mass is 10.2. The molecule has 1 saturated heterocycles. The number of carbonyl (C=O) groups is 1. The monoisotopic (exact) mass is 440 g/mol. The SMILES string of the molecule is CSc1cccc2sc(N3CCN(C(=O)/C=C\c4ccc([N+](=O)[O-])cc4)CC3)nc12. The van der Waals surface area contributed by atoms with Crippen molar-refractivity contribution in [2.75, 3.05) is 37.3 Å². The highest BCUT2D eigenvalue weighted by Crippen LogP contribution is 2.34. The number of amides is 1. The first-order valence-corrected chi connectivity index (χ1v) is 11.5. The number of aromatic nitrogens is 1. The van der Waals surface area contributed by atoms with E-state index in [-0.39, 0.29) is 11.6 Å². The summed E-state index contributed by atoms with van der Waals surface area (Å²) in [5, 5.41) is 11.7. The lowest BCUT2D eigenvalue weighted by molar-refractivity contribution is -0.384. The van der Waals surface area contributed by atoms with Crippen LogP contribution >= 0.6 is 23.1 Å². The Labute approximate surface area is 182 Å². The highest BCUT2D eigenvalue weighted by Gasteiger charge is 2.22. The van der Waals surface area contributed by atoms with Crippen molar-refractivity contribution in [3.8, 4) is 0 Å². The summed E-state index contributed by atoms with van der Waals surface area (Å²) in [5.74, 6) is -0.0537. The quantitative estimate of drug-likeness (QED) is 0.255. The first-order valence-electron chi connectivity index (χ1n) is 9.45. The smallest absolute Gasteiger partial charge is 0.269 e. The van der Waals surface area contributed by atoms with Crippen molar-refractivity contribution >= 4 is 56.1 Å². The average molecular weight is 441 g/mol. The largest absolute Gasteiger partial charge is 0.345 e. The molecule has 7 nitrogen and oxygen atoms in total. The van der Waals surface area contributed by atoms with Crippen LogP contribution in [0.2, 0.25) is 0 Å². The number of hydrogen-bond acceptors (Lipinski definition) is 7. The molecule has 0 N–H and O–H groups in total. The zero-order valence-electron chi connectivity index (χ0n) is 16.4. The molecule has 1 amide bonds. The van der Waals surface area contributed by atoms with E-state index in [0.29, 0.717) is 13.1 Å². The van der Waals surface area contributed by atoms with E-state index in [0.717, 1.165) is 29.3 Å². The van der Waals surface area contributed by atoms with Gasteiger partial charge < -0.3 is 9.80 Å². The molecule has 0 saturated carbocycles. The van der Waals surface area contributed by atoms with Crippen molar-refractivity contribution in [1.29, 1.82) is 0 Å². The number of piperazine rings is 1. The maximum atomic E-state index is 12.5. The Hall–Kier alpha value is -2.91. The highest BCUT2D eigenvalue weighted by molar-refractivity contribution is 7.98. The normalized spacial score (nSPS) is 14.6. The Bertz CT molecular complexity index is 1100. The molecule has 0 bridgehead atoms. The van der Waals surface area contributed by atoms with Crippen LogP contribution in [0, 0.1) is 10.1 Å². The van der Waals surface area contributed by atoms with Gasteiger partial charge in [0.15, 0.2) is 5.13 Å². The van der Waals surface area contributed by atoms with Gasteiger partial charge >= 0.3 is 0 Å². The van der Waals surface area contributed by atoms with Crippen molar-refractivity contribution in [2.45, 2.75) is 4.90 Å². The minimum absolute atomic E-state index is 0.0362. The standard InChI is InChI=1S/C21H20N4O3S2/c1-29-17-3-2-4-18-20(17)22-21(30-18)24-13-11-23(12-14-24)19(26)10-7-15-5-8-16(9-6-15)25(27)28/h2-10H,11-14H2,1H3/b10-7-. The number of non-ortho nitro benzene ring substituents is 1. The number of rotatable bonds is 5. The van der Waals surface area contributed by atoms with E-state index in [1.165, 1.54) is 27.8 Å². The number of fused-ring (bicyclic) bond motifs is 1. The number of nitro groups is 1. The molecule has 0 atom stereocenters. The van der Waals surface area contributed by atoms with Gasteiger partial charge in [0.2, 0.25) is 5.91 Å². The van der Waals surface area contributed by atoms with Crippen molar-refractivity contribution < 1.29 is 9.72 Å². The van der Waals surface area contributed by atoms with Crippen LogP contribution in [0.1, 0.15) is 5.56 Å². The summed E-state index contributed by atoms with van der Waals surface area (Å²) in [5.41, 5.74) is 1.84. The number of thiazole rings is 1. The third-order valence-electron chi connectivity index (χ3n) is 4.97. The molecule has 1 aliphatic rings. The number of thioether (sulfide) groups is 1. The molecule has 2 aromatic carbocycles. The summed E-state index contributed by atoms with van der Waals surface area (Å²) in [7, 11) is 0. The molecular formula is C21H20N4O3S2. The fraction of sp³-hybridized carbons (Fsp3) is 0.238. The Balaban J connectivity index is 1.37. The van der Waals surface area contributed by atoms with Gasteiger partial charge in [-0.2, -0.15) is 0 Å². The van der Waals surface area contributed by atoms with E-state index in [9.17, 15) is 14.9 Å². The summed E-state index contributed by atoms with van der Waals surface area (Å²) < 4.78 is 1.18. The fourth-order valence-corrected chi connectivity index (χ4v) is 4.98. The van der Waals surface area contributed by atoms with Crippen LogP contribution in [-0.2, 0) is 4.79 Å². The third-order valence-corrected chi connectivity index (χ3v) is 6.83. The summed E-state index contributed by atoms with van der Waals surface area (Å²) in [6, 6.07) is 12.4. The van der Waals surface area contributed by atoms with E-state index in [1.54, 1.807) is 41.3 Å². The second-order valence-corrected chi connectivity index (χ2v) is 8.65. The molecule has 0 spiro atoms. The topological polar surface area (TPSA) is 79.6 Å². The molecule has 1 fully saturated rings. The summed E-state index contributed by atoms with van der Waals surface area (Å²) >= 11 is 3.39. The van der Waals surface area contributed by atoms with Crippen molar-refractivity contribution in [3.63, 3.8) is 0 Å². The number of nitrogens with zero attached hydrogens (tertiary/aromatic N) is 4. The van der Waals surface area contributed by atoms with E-state index < -0.39 is 4.92 Å². The second kappa shape index (κ2) is 8.85. The first-order chi connectivity index (χ1) is 14.5. The number of carbonyl (C=O) groups excluding carboxylic acids is 1. The summed E-state index contributed by atoms with van der Waals surface area (Å²) in [6.07, 6.45) is 5.28. The van der Waals surface area contributed by atoms with Gasteiger partial charge in [-0.25, -0.2) is 4.98 Å². The Kier molecular flexibility index (Phi) is 6.01. The molecule has 1 aliphatic heterocycles. The van der Waals surface area contributed by atoms with Gasteiger partial charge in [-0.05, 0) is 42.2 Å². The lowest BCUT2D eigenvalue weighted by Gasteiger charge is -2.34. The third kappa shape index (κ3) is 4.31. The van der Waals surface area contributed by atoms with E-state index in [2.05, 4.69) is 29.4 Å². The number of hydrogen-bond donors (Lipinski definition) is 0. The number of nitro benzene ring substituents is 1. The second-order valence-electron chi connectivity index (χ2n) is 6.80. The van der Waals surface area contributed by atoms with Crippen LogP contribution < -0.4 is 4.90 Å². The number of para-hydroxylation sites is 1. The first kappa shape index (κ1) is 20.4. The molecule has 9 heteroatoms. The van der Waals surface area contributed by atoms with Gasteiger partial charge in [0.25, 0.3) is 5.69 Å². The van der Waals surface area contributed by atoms with Crippen molar-refractivity contribution in [1.82, 2.24) is 9.88 Å². The van der Waals surface area contributed by atoms with Gasteiger partial charge in [0, 0.05) is 49.3 Å². The van der Waals surface area contributed by atoms with Crippen LogP contribution in [-0.4, -0.2) is 53.1 Å². The van der Waals surface area contributed by atoms with E-state index in [1.807, 2.05) is 4.90 Å². The Morgan fingerprint density at radius 1 is 1.17 bits per heavy atom. The van der Waals surface area contributed by atoms with Crippen molar-refractivity contribution in [2.24, 2.45) is 0 Å². The summed E-state index contributed by atoms with van der Waals surface area (Å²) in [6.45, 7) is 2.75. The van der Waals surface area contributed by atoms with Gasteiger partial charge in [-0.15, -0.1) is 11.8 Å². The predicted octanol–water partition coefficient (Wildman–Crippen LogP) is 4.29. The molecule has 0 aliphatic carbocycles. The minimum atomic E-state index is -0.439. The zero-order valence-corrected chi connectivity index (χ0v) is 18.0. The molecule has 0 unspecified atom stereocenters. The maximum absolute atomic E-state index is 12.5. The van der Waals surface area contributed by atoms with Crippen LogP contribution in [0.25, 0.3) is 16.3 Å². The molecule has 30 heavy (non-hydrogen) atoms. The summed E-state index contributed by atoms with van der Waals surface area (Å²) in [4.78, 5) is 32.9. The van der Waals surface area contributed by atoms with Crippen LogP contribution in [0.4, 0.5) is 10.8 Å². The van der Waals surface area contributed by atoms with Gasteiger partial charge in [0.05, 0.1) is 15.1 Å². The molecule has 2 heterocycles. The van der Waals surface area contributed by atoms with Crippen LogP contribution in [0.3, 0.4) is 0 Å². The van der Waals surface area contributed by atoms with Gasteiger partial charge in [-0.3, -0.25) is 14.9 Å². The lowest BCUT2D eigenvalue weighted by Crippen LogP contribution is -2.48. The van der Waals surface area contributed by atoms with Crippen LogP contribution in [0.5, 0.6) is 0 Å². The minimum Gasteiger partial charge on any atom is -0.345 e. The van der Waals surface area contributed by atoms with E-state index >= 15 is 0 Å². The average Bonchev–Trinajstić information content (AvgIpc) is 3.22. The molecule has 4 rings (SSSR count). The Morgan fingerprint density at radius 2 is 1.90 bits per heavy atom. The van der Waals surface area contributed by atoms with Gasteiger partial charge in [0.1, 0.15) is 0 Å². The molecular weight excluding hydrogens is 420 g/mol. The predicted molar refractivity (Wildman–Crippen MR) is 122 cm³/mol. The van der Waals surface area contributed by atoms with Crippen LogP contribution in [0.15, 0.2) is 53.4 Å². The maximum Gasteiger partial charge on any atom is 0.269 e. The molecule has 154 valence electrons. The Morgan fingerprint density at radius 3 is 2.57 bits per heavy atom. The molecule has 1 aromatic heterocycles. The number of anilines is 1.